The van der Waals surface area contributed by atoms with Crippen LogP contribution in [0.4, 0.5) is 5.69 Å². The molecule has 0 saturated heterocycles. The van der Waals surface area contributed by atoms with Crippen molar-refractivity contribution < 1.29 is 0 Å². The molecule has 2 aromatic carbocycles. The van der Waals surface area contributed by atoms with Gasteiger partial charge in [-0.2, -0.15) is 0 Å². The number of rotatable bonds is 4. The van der Waals surface area contributed by atoms with E-state index in [1.165, 1.54) is 22.2 Å². The number of fused-ring (bicyclic) bond motifs is 1. The zero-order chi connectivity index (χ0) is 14.8. The highest BCUT2D eigenvalue weighted by Gasteiger charge is 2.06. The molecule has 2 nitrogen and oxygen atoms in total. The summed E-state index contributed by atoms with van der Waals surface area (Å²) in [6, 6.07) is 12.3. The highest BCUT2D eigenvalue weighted by atomic mass is 79.9. The van der Waals surface area contributed by atoms with E-state index in [4.69, 9.17) is 11.6 Å². The lowest BCUT2D eigenvalue weighted by Crippen LogP contribution is -2.01. The summed E-state index contributed by atoms with van der Waals surface area (Å²) in [6.45, 7) is 2.96. The van der Waals surface area contributed by atoms with Crippen molar-refractivity contribution in [2.75, 3.05) is 5.32 Å². The molecule has 0 aliphatic rings. The van der Waals surface area contributed by atoms with E-state index in [1.807, 2.05) is 18.3 Å². The lowest BCUT2D eigenvalue weighted by atomic mass is 10.1. The molecule has 4 heteroatoms. The Kier molecular flexibility index (Phi) is 4.22. The van der Waals surface area contributed by atoms with Crippen LogP contribution in [0.1, 0.15) is 18.1 Å². The van der Waals surface area contributed by atoms with Crippen LogP contribution >= 0.6 is 27.5 Å². The summed E-state index contributed by atoms with van der Waals surface area (Å²) in [5, 5.41) is 5.49. The van der Waals surface area contributed by atoms with E-state index in [0.29, 0.717) is 0 Å². The second-order valence-electron chi connectivity index (χ2n) is 5.01. The number of anilines is 1. The third-order valence-corrected chi connectivity index (χ3v) is 4.38. The molecular formula is C17H16BrClN2. The van der Waals surface area contributed by atoms with Crippen LogP contribution in [0.5, 0.6) is 0 Å². The Balaban J connectivity index is 1.83. The van der Waals surface area contributed by atoms with E-state index < -0.39 is 0 Å². The standard InChI is InChI=1S/C17H16BrClN2/c1-2-11-7-13(18)3-6-16(11)20-9-12-10-21-17-8-14(19)4-5-15(12)17/h3-8,10,20-21H,2,9H2,1H3. The Labute approximate surface area is 137 Å². The van der Waals surface area contributed by atoms with Crippen LogP contribution in [0.15, 0.2) is 47.1 Å². The zero-order valence-corrected chi connectivity index (χ0v) is 14.1. The van der Waals surface area contributed by atoms with Crippen molar-refractivity contribution in [2.24, 2.45) is 0 Å². The number of benzene rings is 2. The lowest BCUT2D eigenvalue weighted by Gasteiger charge is -2.11. The summed E-state index contributed by atoms with van der Waals surface area (Å²) < 4.78 is 1.12. The SMILES string of the molecule is CCc1cc(Br)ccc1NCc1c[nH]c2cc(Cl)ccc12. The lowest BCUT2D eigenvalue weighted by molar-refractivity contribution is 1.09. The molecule has 0 atom stereocenters. The average molecular weight is 364 g/mol. The van der Waals surface area contributed by atoms with Crippen molar-refractivity contribution in [3.63, 3.8) is 0 Å². The summed E-state index contributed by atoms with van der Waals surface area (Å²) in [4.78, 5) is 3.27. The number of aryl methyl sites for hydroxylation is 1. The Morgan fingerprint density at radius 1 is 1.14 bits per heavy atom. The number of hydrogen-bond acceptors (Lipinski definition) is 1. The first-order valence-corrected chi connectivity index (χ1v) is 8.12. The fraction of sp³-hybridized carbons (Fsp3) is 0.176. The van der Waals surface area contributed by atoms with Crippen molar-refractivity contribution in [2.45, 2.75) is 19.9 Å². The normalized spacial score (nSPS) is 11.0. The van der Waals surface area contributed by atoms with Crippen molar-refractivity contribution in [3.05, 3.63) is 63.2 Å². The van der Waals surface area contributed by atoms with Crippen LogP contribution in [0.2, 0.25) is 5.02 Å². The summed E-state index contributed by atoms with van der Waals surface area (Å²) in [5.41, 5.74) is 4.81. The van der Waals surface area contributed by atoms with E-state index in [-0.39, 0.29) is 0 Å². The fourth-order valence-electron chi connectivity index (χ4n) is 2.52. The zero-order valence-electron chi connectivity index (χ0n) is 11.7. The summed E-state index contributed by atoms with van der Waals surface area (Å²) in [7, 11) is 0. The van der Waals surface area contributed by atoms with Gasteiger partial charge in [0.15, 0.2) is 0 Å². The van der Waals surface area contributed by atoms with Crippen LogP contribution in [-0.2, 0) is 13.0 Å². The maximum Gasteiger partial charge on any atom is 0.0472 e. The van der Waals surface area contributed by atoms with E-state index in [1.54, 1.807) is 0 Å². The quantitative estimate of drug-likeness (QED) is 0.606. The number of halogens is 2. The molecule has 21 heavy (non-hydrogen) atoms. The Morgan fingerprint density at radius 2 is 2.00 bits per heavy atom. The van der Waals surface area contributed by atoms with E-state index in [9.17, 15) is 0 Å². The molecule has 0 bridgehead atoms. The molecule has 108 valence electrons. The minimum Gasteiger partial charge on any atom is -0.381 e. The molecule has 0 spiro atoms. The van der Waals surface area contributed by atoms with Gasteiger partial charge < -0.3 is 10.3 Å². The number of aromatic amines is 1. The summed E-state index contributed by atoms with van der Waals surface area (Å²) in [5.74, 6) is 0. The Hall–Kier alpha value is -1.45. The first kappa shape index (κ1) is 14.5. The van der Waals surface area contributed by atoms with E-state index in [2.05, 4.69) is 57.4 Å². The van der Waals surface area contributed by atoms with Crippen molar-refractivity contribution in [3.8, 4) is 0 Å². The van der Waals surface area contributed by atoms with Crippen LogP contribution in [0.25, 0.3) is 10.9 Å². The third-order valence-electron chi connectivity index (χ3n) is 3.65. The van der Waals surface area contributed by atoms with Gasteiger partial charge in [-0.1, -0.05) is 40.5 Å². The van der Waals surface area contributed by atoms with Crippen molar-refractivity contribution in [1.82, 2.24) is 4.98 Å². The Morgan fingerprint density at radius 3 is 2.81 bits per heavy atom. The van der Waals surface area contributed by atoms with Gasteiger partial charge in [0.1, 0.15) is 0 Å². The molecular weight excluding hydrogens is 348 g/mol. The van der Waals surface area contributed by atoms with Gasteiger partial charge in [-0.25, -0.2) is 0 Å². The van der Waals surface area contributed by atoms with Gasteiger partial charge in [-0.3, -0.25) is 0 Å². The number of H-pyrrole nitrogens is 1. The van der Waals surface area contributed by atoms with Gasteiger partial charge in [0.2, 0.25) is 0 Å². The first-order valence-electron chi connectivity index (χ1n) is 6.95. The Bertz CT molecular complexity index is 780. The average Bonchev–Trinajstić information content (AvgIpc) is 2.88. The highest BCUT2D eigenvalue weighted by molar-refractivity contribution is 9.10. The fourth-order valence-corrected chi connectivity index (χ4v) is 3.10. The molecule has 0 amide bonds. The molecule has 3 aromatic rings. The largest absolute Gasteiger partial charge is 0.381 e. The molecule has 3 rings (SSSR count). The molecule has 0 radical (unpaired) electrons. The second kappa shape index (κ2) is 6.12. The predicted octanol–water partition coefficient (Wildman–Crippen LogP) is 5.76. The maximum absolute atomic E-state index is 6.02. The van der Waals surface area contributed by atoms with Crippen molar-refractivity contribution >= 4 is 44.1 Å². The van der Waals surface area contributed by atoms with Gasteiger partial charge in [0.05, 0.1) is 0 Å². The second-order valence-corrected chi connectivity index (χ2v) is 6.36. The number of aromatic nitrogens is 1. The molecule has 0 aliphatic carbocycles. The van der Waals surface area contributed by atoms with E-state index in [0.717, 1.165) is 28.0 Å². The van der Waals surface area contributed by atoms with Crippen LogP contribution in [0.3, 0.4) is 0 Å². The molecule has 2 N–H and O–H groups in total. The highest BCUT2D eigenvalue weighted by Crippen LogP contribution is 2.25. The van der Waals surface area contributed by atoms with Gasteiger partial charge in [0.25, 0.3) is 0 Å². The topological polar surface area (TPSA) is 27.8 Å². The van der Waals surface area contributed by atoms with Gasteiger partial charge >= 0.3 is 0 Å². The minimum absolute atomic E-state index is 0.755. The smallest absolute Gasteiger partial charge is 0.0472 e. The molecule has 0 saturated carbocycles. The van der Waals surface area contributed by atoms with Gasteiger partial charge in [-0.15, -0.1) is 0 Å². The predicted molar refractivity (Wildman–Crippen MR) is 94.2 cm³/mol. The van der Waals surface area contributed by atoms with Crippen LogP contribution in [0, 0.1) is 0 Å². The molecule has 0 aliphatic heterocycles. The van der Waals surface area contributed by atoms with E-state index >= 15 is 0 Å². The maximum atomic E-state index is 6.02. The molecule has 0 unspecified atom stereocenters. The minimum atomic E-state index is 0.755. The molecule has 1 heterocycles. The first-order chi connectivity index (χ1) is 10.2. The number of hydrogen-bond donors (Lipinski definition) is 2. The summed E-state index contributed by atoms with van der Waals surface area (Å²) >= 11 is 9.54. The molecule has 1 aromatic heterocycles. The van der Waals surface area contributed by atoms with Crippen LogP contribution < -0.4 is 5.32 Å². The monoisotopic (exact) mass is 362 g/mol. The van der Waals surface area contributed by atoms with Crippen molar-refractivity contribution in [1.29, 1.82) is 0 Å². The van der Waals surface area contributed by atoms with Gasteiger partial charge in [0, 0.05) is 38.8 Å². The number of nitrogens with one attached hydrogen (secondary N) is 2. The molecule has 0 fully saturated rings. The van der Waals surface area contributed by atoms with Gasteiger partial charge in [-0.05, 0) is 47.9 Å². The summed E-state index contributed by atoms with van der Waals surface area (Å²) in [6.07, 6.45) is 3.05. The van der Waals surface area contributed by atoms with Crippen LogP contribution in [-0.4, -0.2) is 4.98 Å². The third kappa shape index (κ3) is 3.09.